The SMILES string of the molecule is COc1ccc(C(=O)c2cccc(F)c2)cc1OC. The summed E-state index contributed by atoms with van der Waals surface area (Å²) in [6, 6.07) is 10.4. The molecular formula is C15H13FO3. The van der Waals surface area contributed by atoms with Crippen LogP contribution >= 0.6 is 0 Å². The van der Waals surface area contributed by atoms with E-state index in [9.17, 15) is 9.18 Å². The summed E-state index contributed by atoms with van der Waals surface area (Å²) in [6.07, 6.45) is 0. The van der Waals surface area contributed by atoms with Crippen LogP contribution in [0.2, 0.25) is 0 Å². The Morgan fingerprint density at radius 3 is 2.26 bits per heavy atom. The van der Waals surface area contributed by atoms with E-state index in [1.165, 1.54) is 32.4 Å². The van der Waals surface area contributed by atoms with Crippen molar-refractivity contribution in [3.8, 4) is 11.5 Å². The molecule has 4 heteroatoms. The van der Waals surface area contributed by atoms with E-state index in [0.717, 1.165) is 0 Å². The van der Waals surface area contributed by atoms with Gasteiger partial charge in [0, 0.05) is 11.1 Å². The number of hydrogen-bond acceptors (Lipinski definition) is 3. The normalized spacial score (nSPS) is 10.1. The molecule has 0 saturated heterocycles. The first-order chi connectivity index (χ1) is 9.15. The molecule has 0 fully saturated rings. The molecule has 0 aliphatic rings. The monoisotopic (exact) mass is 260 g/mol. The number of methoxy groups -OCH3 is 2. The highest BCUT2D eigenvalue weighted by Crippen LogP contribution is 2.28. The molecule has 0 aliphatic heterocycles. The van der Waals surface area contributed by atoms with Gasteiger partial charge in [-0.2, -0.15) is 0 Å². The molecule has 0 radical (unpaired) electrons. The summed E-state index contributed by atoms with van der Waals surface area (Å²) in [6.45, 7) is 0. The molecule has 98 valence electrons. The predicted molar refractivity (Wildman–Crippen MR) is 69.4 cm³/mol. The molecule has 2 rings (SSSR count). The minimum atomic E-state index is -0.439. The molecule has 0 atom stereocenters. The smallest absolute Gasteiger partial charge is 0.193 e. The van der Waals surface area contributed by atoms with Gasteiger partial charge in [-0.25, -0.2) is 4.39 Å². The summed E-state index contributed by atoms with van der Waals surface area (Å²) in [5, 5.41) is 0. The zero-order chi connectivity index (χ0) is 13.8. The van der Waals surface area contributed by atoms with Crippen molar-refractivity contribution in [3.63, 3.8) is 0 Å². The van der Waals surface area contributed by atoms with E-state index in [2.05, 4.69) is 0 Å². The van der Waals surface area contributed by atoms with E-state index in [0.29, 0.717) is 22.6 Å². The second-order valence-corrected chi connectivity index (χ2v) is 3.91. The Morgan fingerprint density at radius 2 is 1.63 bits per heavy atom. The minimum absolute atomic E-state index is 0.263. The Balaban J connectivity index is 2.39. The van der Waals surface area contributed by atoms with Crippen molar-refractivity contribution in [3.05, 3.63) is 59.4 Å². The topological polar surface area (TPSA) is 35.5 Å². The third-order valence-electron chi connectivity index (χ3n) is 2.73. The minimum Gasteiger partial charge on any atom is -0.493 e. The van der Waals surface area contributed by atoms with E-state index in [1.807, 2.05) is 0 Å². The number of halogens is 1. The average molecular weight is 260 g/mol. The lowest BCUT2D eigenvalue weighted by Gasteiger charge is -2.09. The average Bonchev–Trinajstić information content (AvgIpc) is 2.45. The van der Waals surface area contributed by atoms with Gasteiger partial charge >= 0.3 is 0 Å². The summed E-state index contributed by atoms with van der Waals surface area (Å²) in [5.41, 5.74) is 0.718. The third-order valence-corrected chi connectivity index (χ3v) is 2.73. The Hall–Kier alpha value is -2.36. The molecule has 0 spiro atoms. The van der Waals surface area contributed by atoms with Crippen LogP contribution in [0.5, 0.6) is 11.5 Å². The van der Waals surface area contributed by atoms with Crippen LogP contribution in [-0.4, -0.2) is 20.0 Å². The van der Waals surface area contributed by atoms with Gasteiger partial charge in [0.05, 0.1) is 14.2 Å². The molecule has 0 saturated carbocycles. The molecule has 0 aliphatic carbocycles. The van der Waals surface area contributed by atoms with Gasteiger partial charge < -0.3 is 9.47 Å². The van der Waals surface area contributed by atoms with Crippen LogP contribution in [0.1, 0.15) is 15.9 Å². The van der Waals surface area contributed by atoms with Crippen LogP contribution < -0.4 is 9.47 Å². The van der Waals surface area contributed by atoms with Crippen LogP contribution in [0.15, 0.2) is 42.5 Å². The molecule has 0 aromatic heterocycles. The fourth-order valence-electron chi connectivity index (χ4n) is 1.77. The van der Waals surface area contributed by atoms with E-state index in [-0.39, 0.29) is 5.78 Å². The Bertz CT molecular complexity index is 608. The van der Waals surface area contributed by atoms with Crippen molar-refractivity contribution in [2.75, 3.05) is 14.2 Å². The first kappa shape index (κ1) is 13.1. The molecule has 0 N–H and O–H groups in total. The highest BCUT2D eigenvalue weighted by Gasteiger charge is 2.13. The predicted octanol–water partition coefficient (Wildman–Crippen LogP) is 3.07. The first-order valence-electron chi connectivity index (χ1n) is 5.68. The van der Waals surface area contributed by atoms with Gasteiger partial charge in [-0.05, 0) is 30.3 Å². The quantitative estimate of drug-likeness (QED) is 0.792. The van der Waals surface area contributed by atoms with E-state index in [1.54, 1.807) is 24.3 Å². The van der Waals surface area contributed by atoms with Gasteiger partial charge in [0.2, 0.25) is 0 Å². The summed E-state index contributed by atoms with van der Waals surface area (Å²) in [5.74, 6) is 0.301. The molecule has 0 amide bonds. The maximum absolute atomic E-state index is 13.1. The van der Waals surface area contributed by atoms with E-state index < -0.39 is 5.82 Å². The Morgan fingerprint density at radius 1 is 0.947 bits per heavy atom. The number of hydrogen-bond donors (Lipinski definition) is 0. The van der Waals surface area contributed by atoms with Gasteiger partial charge in [-0.15, -0.1) is 0 Å². The lowest BCUT2D eigenvalue weighted by Crippen LogP contribution is -2.02. The van der Waals surface area contributed by atoms with Gasteiger partial charge in [-0.3, -0.25) is 4.79 Å². The number of carbonyl (C=O) groups is 1. The molecule has 0 unspecified atom stereocenters. The van der Waals surface area contributed by atoms with Crippen molar-refractivity contribution in [2.24, 2.45) is 0 Å². The van der Waals surface area contributed by atoms with Crippen molar-refractivity contribution in [1.82, 2.24) is 0 Å². The molecule has 2 aromatic carbocycles. The van der Waals surface area contributed by atoms with E-state index in [4.69, 9.17) is 9.47 Å². The number of carbonyl (C=O) groups excluding carboxylic acids is 1. The highest BCUT2D eigenvalue weighted by molar-refractivity contribution is 6.09. The van der Waals surface area contributed by atoms with E-state index >= 15 is 0 Å². The fourth-order valence-corrected chi connectivity index (χ4v) is 1.77. The number of ketones is 1. The molecule has 3 nitrogen and oxygen atoms in total. The summed E-state index contributed by atoms with van der Waals surface area (Å²) < 4.78 is 23.3. The molecule has 0 heterocycles. The molecule has 0 bridgehead atoms. The molecule has 19 heavy (non-hydrogen) atoms. The molecular weight excluding hydrogens is 247 g/mol. The third kappa shape index (κ3) is 2.73. The second-order valence-electron chi connectivity index (χ2n) is 3.91. The van der Waals surface area contributed by atoms with Gasteiger partial charge in [0.25, 0.3) is 0 Å². The van der Waals surface area contributed by atoms with Crippen molar-refractivity contribution in [1.29, 1.82) is 0 Å². The van der Waals surface area contributed by atoms with Gasteiger partial charge in [0.1, 0.15) is 5.82 Å². The number of rotatable bonds is 4. The fraction of sp³-hybridized carbons (Fsp3) is 0.133. The van der Waals surface area contributed by atoms with Crippen LogP contribution in [0.4, 0.5) is 4.39 Å². The summed E-state index contributed by atoms with van der Waals surface area (Å²) in [4.78, 5) is 12.2. The van der Waals surface area contributed by atoms with Crippen LogP contribution in [0.25, 0.3) is 0 Å². The molecule has 2 aromatic rings. The Kier molecular flexibility index (Phi) is 3.80. The largest absolute Gasteiger partial charge is 0.493 e. The number of benzene rings is 2. The van der Waals surface area contributed by atoms with Gasteiger partial charge in [-0.1, -0.05) is 12.1 Å². The summed E-state index contributed by atoms with van der Waals surface area (Å²) in [7, 11) is 3.01. The maximum Gasteiger partial charge on any atom is 0.193 e. The highest BCUT2D eigenvalue weighted by atomic mass is 19.1. The van der Waals surface area contributed by atoms with Crippen LogP contribution in [-0.2, 0) is 0 Å². The standard InChI is InChI=1S/C15H13FO3/c1-18-13-7-6-11(9-14(13)19-2)15(17)10-4-3-5-12(16)8-10/h3-9H,1-2H3. The summed E-state index contributed by atoms with van der Waals surface area (Å²) >= 11 is 0. The lowest BCUT2D eigenvalue weighted by atomic mass is 10.0. The second kappa shape index (κ2) is 5.52. The van der Waals surface area contributed by atoms with Crippen LogP contribution in [0, 0.1) is 5.82 Å². The first-order valence-corrected chi connectivity index (χ1v) is 5.68. The maximum atomic E-state index is 13.1. The van der Waals surface area contributed by atoms with Crippen molar-refractivity contribution >= 4 is 5.78 Å². The number of ether oxygens (including phenoxy) is 2. The zero-order valence-corrected chi connectivity index (χ0v) is 10.6. The van der Waals surface area contributed by atoms with Crippen molar-refractivity contribution in [2.45, 2.75) is 0 Å². The lowest BCUT2D eigenvalue weighted by molar-refractivity contribution is 0.103. The van der Waals surface area contributed by atoms with Crippen molar-refractivity contribution < 1.29 is 18.7 Å². The van der Waals surface area contributed by atoms with Gasteiger partial charge in [0.15, 0.2) is 17.3 Å². The Labute approximate surface area is 110 Å². The van der Waals surface area contributed by atoms with Crippen LogP contribution in [0.3, 0.4) is 0 Å². The zero-order valence-electron chi connectivity index (χ0n) is 10.6.